The first kappa shape index (κ1) is 17.6. The van der Waals surface area contributed by atoms with Gasteiger partial charge in [-0.1, -0.05) is 11.8 Å². The minimum Gasteiger partial charge on any atom is -0.363 e. The van der Waals surface area contributed by atoms with Gasteiger partial charge in [0.2, 0.25) is 0 Å². The fourth-order valence-corrected chi connectivity index (χ4v) is 2.25. The van der Waals surface area contributed by atoms with E-state index in [4.69, 9.17) is 5.26 Å². The van der Waals surface area contributed by atoms with E-state index in [-0.39, 0.29) is 0 Å². The zero-order chi connectivity index (χ0) is 17.5. The molecule has 0 fully saturated rings. The molecular weight excluding hydrogens is 322 g/mol. The highest BCUT2D eigenvalue weighted by Crippen LogP contribution is 2.22. The monoisotopic (exact) mass is 341 g/mol. The Morgan fingerprint density at radius 1 is 1.25 bits per heavy atom. The smallest absolute Gasteiger partial charge is 0.183 e. The molecule has 0 saturated heterocycles. The standard InChI is InChI=1S/C16H19N7S/c1-11-19-14(9-15(20-11)23(2)3)21-12-5-7-13(8-6-12)22-16(24-4)18-10-17/h5-9H,1-4H3,(H,18,22)(H,19,20,21). The van der Waals surface area contributed by atoms with E-state index in [0.717, 1.165) is 23.0 Å². The summed E-state index contributed by atoms with van der Waals surface area (Å²) in [5.74, 6) is 2.29. The van der Waals surface area contributed by atoms with Crippen LogP contribution in [0.25, 0.3) is 0 Å². The lowest BCUT2D eigenvalue weighted by Gasteiger charge is -2.14. The largest absolute Gasteiger partial charge is 0.363 e. The molecule has 1 aromatic heterocycles. The fourth-order valence-electron chi connectivity index (χ4n) is 1.90. The van der Waals surface area contributed by atoms with E-state index < -0.39 is 0 Å². The number of hydrogen-bond acceptors (Lipinski definition) is 7. The number of aliphatic imine (C=N–C) groups is 1. The van der Waals surface area contributed by atoms with Gasteiger partial charge in [0.05, 0.1) is 5.69 Å². The molecule has 24 heavy (non-hydrogen) atoms. The maximum Gasteiger partial charge on any atom is 0.183 e. The van der Waals surface area contributed by atoms with Gasteiger partial charge in [0.15, 0.2) is 11.4 Å². The fraction of sp³-hybridized carbons (Fsp3) is 0.250. The molecule has 0 aliphatic heterocycles. The molecule has 0 aliphatic rings. The number of thioether (sulfide) groups is 1. The minimum absolute atomic E-state index is 0.556. The molecule has 2 N–H and O–H groups in total. The minimum atomic E-state index is 0.556. The van der Waals surface area contributed by atoms with Crippen molar-refractivity contribution in [3.8, 4) is 6.19 Å². The van der Waals surface area contributed by atoms with E-state index >= 15 is 0 Å². The van der Waals surface area contributed by atoms with Crippen LogP contribution in [0.5, 0.6) is 0 Å². The number of aromatic nitrogens is 2. The molecule has 2 aromatic rings. The molecule has 7 nitrogen and oxygen atoms in total. The second-order valence-electron chi connectivity index (χ2n) is 5.08. The van der Waals surface area contributed by atoms with Crippen LogP contribution in [0.3, 0.4) is 0 Å². The summed E-state index contributed by atoms with van der Waals surface area (Å²) >= 11 is 1.38. The average molecular weight is 341 g/mol. The van der Waals surface area contributed by atoms with Gasteiger partial charge in [-0.15, -0.1) is 0 Å². The van der Waals surface area contributed by atoms with Gasteiger partial charge < -0.3 is 10.2 Å². The van der Waals surface area contributed by atoms with E-state index in [1.807, 2.05) is 68.7 Å². The number of nitriles is 1. The molecule has 0 radical (unpaired) electrons. The quantitative estimate of drug-likeness (QED) is 0.382. The van der Waals surface area contributed by atoms with Gasteiger partial charge in [-0.3, -0.25) is 5.32 Å². The lowest BCUT2D eigenvalue weighted by atomic mass is 10.3. The highest BCUT2D eigenvalue weighted by Gasteiger charge is 2.04. The summed E-state index contributed by atoms with van der Waals surface area (Å²) in [6, 6.07) is 9.46. The zero-order valence-corrected chi connectivity index (χ0v) is 14.8. The summed E-state index contributed by atoms with van der Waals surface area (Å²) in [7, 11) is 3.88. The highest BCUT2D eigenvalue weighted by molar-refractivity contribution is 8.13. The second kappa shape index (κ2) is 8.17. The molecule has 124 valence electrons. The van der Waals surface area contributed by atoms with E-state index in [1.165, 1.54) is 11.8 Å². The molecule has 0 bridgehead atoms. The summed E-state index contributed by atoms with van der Waals surface area (Å²) in [5, 5.41) is 15.0. The number of amidine groups is 1. The van der Waals surface area contributed by atoms with Crippen LogP contribution in [0.1, 0.15) is 5.82 Å². The molecule has 0 amide bonds. The van der Waals surface area contributed by atoms with Crippen LogP contribution in [-0.2, 0) is 0 Å². The Hall–Kier alpha value is -2.79. The Labute approximate surface area is 145 Å². The summed E-state index contributed by atoms with van der Waals surface area (Å²) in [4.78, 5) is 15.1. The third-order valence-corrected chi connectivity index (χ3v) is 3.59. The van der Waals surface area contributed by atoms with Gasteiger partial charge in [0.1, 0.15) is 17.5 Å². The Kier molecular flexibility index (Phi) is 5.98. The molecule has 0 atom stereocenters. The number of benzene rings is 1. The predicted molar refractivity (Wildman–Crippen MR) is 100 cm³/mol. The summed E-state index contributed by atoms with van der Waals surface area (Å²) < 4.78 is 0. The number of nitrogens with zero attached hydrogens (tertiary/aromatic N) is 5. The van der Waals surface area contributed by atoms with Gasteiger partial charge in [-0.2, -0.15) is 5.26 Å². The van der Waals surface area contributed by atoms with E-state index in [0.29, 0.717) is 11.0 Å². The maximum absolute atomic E-state index is 8.66. The summed E-state index contributed by atoms with van der Waals surface area (Å²) in [5.41, 5.74) is 1.66. The van der Waals surface area contributed by atoms with Crippen LogP contribution in [-0.4, -0.2) is 35.5 Å². The normalized spacial score (nSPS) is 10.9. The molecule has 0 unspecified atom stereocenters. The summed E-state index contributed by atoms with van der Waals surface area (Å²) in [6.07, 6.45) is 3.73. The third kappa shape index (κ3) is 4.86. The SMILES string of the molecule is CSC(=Nc1ccc(Nc2cc(N(C)C)nc(C)n2)cc1)NC#N. The lowest BCUT2D eigenvalue weighted by molar-refractivity contribution is 0.991. The van der Waals surface area contributed by atoms with Crippen molar-refractivity contribution in [3.63, 3.8) is 0 Å². The third-order valence-electron chi connectivity index (χ3n) is 3.01. The van der Waals surface area contributed by atoms with Crippen molar-refractivity contribution in [1.82, 2.24) is 15.3 Å². The Morgan fingerprint density at radius 2 is 1.96 bits per heavy atom. The van der Waals surface area contributed by atoms with Gasteiger partial charge in [0.25, 0.3) is 0 Å². The van der Waals surface area contributed by atoms with Crippen molar-refractivity contribution in [2.24, 2.45) is 4.99 Å². The maximum atomic E-state index is 8.66. The van der Waals surface area contributed by atoms with Crippen molar-refractivity contribution in [2.75, 3.05) is 30.6 Å². The molecule has 0 spiro atoms. The molecule has 8 heteroatoms. The van der Waals surface area contributed by atoms with Gasteiger partial charge in [0, 0.05) is 25.8 Å². The number of aryl methyl sites for hydroxylation is 1. The van der Waals surface area contributed by atoms with Crippen LogP contribution in [0, 0.1) is 18.4 Å². The van der Waals surface area contributed by atoms with Crippen molar-refractivity contribution < 1.29 is 0 Å². The molecule has 2 rings (SSSR count). The number of nitrogens with one attached hydrogen (secondary N) is 2. The topological polar surface area (TPSA) is 89.2 Å². The van der Waals surface area contributed by atoms with Gasteiger partial charge >= 0.3 is 0 Å². The number of hydrogen-bond donors (Lipinski definition) is 2. The molecule has 1 heterocycles. The predicted octanol–water partition coefficient (Wildman–Crippen LogP) is 3.02. The Morgan fingerprint density at radius 3 is 2.54 bits per heavy atom. The van der Waals surface area contributed by atoms with E-state index in [2.05, 4.69) is 25.6 Å². The van der Waals surface area contributed by atoms with Crippen molar-refractivity contribution >= 4 is 39.9 Å². The van der Waals surface area contributed by atoms with Crippen LogP contribution in [0.2, 0.25) is 0 Å². The Balaban J connectivity index is 2.16. The summed E-state index contributed by atoms with van der Waals surface area (Å²) in [6.45, 7) is 1.86. The lowest BCUT2D eigenvalue weighted by Crippen LogP contribution is -2.12. The zero-order valence-electron chi connectivity index (χ0n) is 14.0. The molecular formula is C16H19N7S. The molecule has 0 saturated carbocycles. The number of anilines is 3. The van der Waals surface area contributed by atoms with Crippen molar-refractivity contribution in [2.45, 2.75) is 6.92 Å². The first-order valence-electron chi connectivity index (χ1n) is 7.19. The van der Waals surface area contributed by atoms with Gasteiger partial charge in [-0.05, 0) is 37.4 Å². The molecule has 0 aliphatic carbocycles. The van der Waals surface area contributed by atoms with Crippen LogP contribution in [0.4, 0.5) is 23.0 Å². The second-order valence-corrected chi connectivity index (χ2v) is 5.88. The first-order chi connectivity index (χ1) is 11.5. The van der Waals surface area contributed by atoms with Crippen LogP contribution < -0.4 is 15.5 Å². The first-order valence-corrected chi connectivity index (χ1v) is 8.42. The van der Waals surface area contributed by atoms with Crippen molar-refractivity contribution in [3.05, 3.63) is 36.2 Å². The van der Waals surface area contributed by atoms with Gasteiger partial charge in [-0.25, -0.2) is 15.0 Å². The van der Waals surface area contributed by atoms with Crippen LogP contribution >= 0.6 is 11.8 Å². The van der Waals surface area contributed by atoms with Crippen LogP contribution in [0.15, 0.2) is 35.3 Å². The molecule has 1 aromatic carbocycles. The highest BCUT2D eigenvalue weighted by atomic mass is 32.2. The Bertz CT molecular complexity index is 763. The van der Waals surface area contributed by atoms with Crippen molar-refractivity contribution in [1.29, 1.82) is 5.26 Å². The van der Waals surface area contributed by atoms with E-state index in [9.17, 15) is 0 Å². The number of rotatable bonds is 4. The van der Waals surface area contributed by atoms with E-state index in [1.54, 1.807) is 0 Å². The average Bonchev–Trinajstić information content (AvgIpc) is 2.55.